The van der Waals surface area contributed by atoms with Gasteiger partial charge in [0, 0.05) is 36.2 Å². The zero-order chi connectivity index (χ0) is 23.1. The van der Waals surface area contributed by atoms with E-state index in [1.165, 1.54) is 21.6 Å². The SMILES string of the molecule is CCN(CC)Cc1cc(-c2ssc(=S)c2Cc2ccccc2)cc(CN(CC)CC)c1O. The highest BCUT2D eigenvalue weighted by atomic mass is 32.9. The van der Waals surface area contributed by atoms with Gasteiger partial charge in [0.2, 0.25) is 0 Å². The van der Waals surface area contributed by atoms with Crippen molar-refractivity contribution in [1.82, 2.24) is 9.80 Å². The van der Waals surface area contributed by atoms with Gasteiger partial charge in [0.05, 0.1) is 4.88 Å². The van der Waals surface area contributed by atoms with Crippen molar-refractivity contribution in [2.75, 3.05) is 26.2 Å². The van der Waals surface area contributed by atoms with Crippen molar-refractivity contribution in [2.24, 2.45) is 0 Å². The quantitative estimate of drug-likeness (QED) is 0.229. The zero-order valence-corrected chi connectivity index (χ0v) is 22.0. The summed E-state index contributed by atoms with van der Waals surface area (Å²) in [6.45, 7) is 14.0. The number of nitrogens with zero attached hydrogens (tertiary/aromatic N) is 2. The summed E-state index contributed by atoms with van der Waals surface area (Å²) in [7, 11) is 3.44. The third-order valence-corrected chi connectivity index (χ3v) is 9.24. The van der Waals surface area contributed by atoms with E-state index < -0.39 is 0 Å². The predicted molar refractivity (Wildman–Crippen MR) is 143 cm³/mol. The average Bonchev–Trinajstić information content (AvgIpc) is 3.18. The number of hydrogen-bond donors (Lipinski definition) is 1. The van der Waals surface area contributed by atoms with Crippen LogP contribution in [0.4, 0.5) is 0 Å². The molecule has 2 aromatic carbocycles. The number of rotatable bonds is 11. The minimum absolute atomic E-state index is 0.441. The van der Waals surface area contributed by atoms with E-state index in [0.717, 1.165) is 60.6 Å². The zero-order valence-electron chi connectivity index (χ0n) is 19.6. The molecule has 6 heteroatoms. The Bertz CT molecular complexity index is 1020. The molecule has 0 fully saturated rings. The van der Waals surface area contributed by atoms with Gasteiger partial charge in [0.1, 0.15) is 9.57 Å². The highest BCUT2D eigenvalue weighted by Gasteiger charge is 2.18. The van der Waals surface area contributed by atoms with Crippen molar-refractivity contribution in [3.63, 3.8) is 0 Å². The molecule has 0 unspecified atom stereocenters. The molecular formula is C26H34N2OS3. The van der Waals surface area contributed by atoms with Gasteiger partial charge < -0.3 is 5.11 Å². The largest absolute Gasteiger partial charge is 0.507 e. The van der Waals surface area contributed by atoms with Gasteiger partial charge in [-0.1, -0.05) is 90.9 Å². The molecule has 0 amide bonds. The van der Waals surface area contributed by atoms with Gasteiger partial charge in [-0.05, 0) is 49.4 Å². The average molecular weight is 487 g/mol. The summed E-state index contributed by atoms with van der Waals surface area (Å²) in [4.78, 5) is 5.94. The van der Waals surface area contributed by atoms with Crippen molar-refractivity contribution in [3.05, 3.63) is 68.5 Å². The van der Waals surface area contributed by atoms with E-state index in [0.29, 0.717) is 5.75 Å². The number of phenolic OH excluding ortho intramolecular Hbond substituents is 1. The molecule has 0 aliphatic carbocycles. The van der Waals surface area contributed by atoms with Gasteiger partial charge in [-0.25, -0.2) is 0 Å². The molecule has 3 nitrogen and oxygen atoms in total. The van der Waals surface area contributed by atoms with E-state index in [4.69, 9.17) is 12.2 Å². The van der Waals surface area contributed by atoms with Crippen LogP contribution < -0.4 is 0 Å². The lowest BCUT2D eigenvalue weighted by Crippen LogP contribution is -2.24. The molecule has 172 valence electrons. The number of phenols is 1. The summed E-state index contributed by atoms with van der Waals surface area (Å²) in [5.41, 5.74) is 5.69. The fourth-order valence-electron chi connectivity index (χ4n) is 3.96. The van der Waals surface area contributed by atoms with E-state index in [1.807, 2.05) is 6.07 Å². The molecule has 0 aliphatic heterocycles. The maximum Gasteiger partial charge on any atom is 0.124 e. The maximum absolute atomic E-state index is 11.2. The standard InChI is InChI=1S/C26H34N2OS3/c1-5-27(6-2)17-21-15-20(16-22(24(21)29)18-28(7-3)8-4)25-23(26(30)32-31-25)14-19-12-10-9-11-13-19/h9-13,15-16,29H,5-8,14,17-18H2,1-4H3. The maximum atomic E-state index is 11.2. The molecule has 0 saturated heterocycles. The molecule has 0 radical (unpaired) electrons. The molecule has 0 atom stereocenters. The number of hydrogen-bond acceptors (Lipinski definition) is 6. The first-order valence-electron chi connectivity index (χ1n) is 11.5. The Balaban J connectivity index is 2.08. The Morgan fingerprint density at radius 1 is 0.812 bits per heavy atom. The second-order valence-corrected chi connectivity index (χ2v) is 10.8. The third kappa shape index (κ3) is 6.06. The predicted octanol–water partition coefficient (Wildman–Crippen LogP) is 7.19. The smallest absolute Gasteiger partial charge is 0.124 e. The lowest BCUT2D eigenvalue weighted by atomic mass is 9.98. The highest BCUT2D eigenvalue weighted by molar-refractivity contribution is 7.80. The topological polar surface area (TPSA) is 26.7 Å². The fraction of sp³-hybridized carbons (Fsp3) is 0.423. The molecule has 0 aliphatic rings. The molecule has 1 aromatic heterocycles. The van der Waals surface area contributed by atoms with E-state index in [2.05, 4.69) is 73.9 Å². The summed E-state index contributed by atoms with van der Waals surface area (Å²) in [5.74, 6) is 0.441. The Hall–Kier alpha value is -1.57. The first-order chi connectivity index (χ1) is 15.5. The van der Waals surface area contributed by atoms with Gasteiger partial charge in [-0.15, -0.1) is 0 Å². The molecule has 1 N–H and O–H groups in total. The van der Waals surface area contributed by atoms with E-state index in [1.54, 1.807) is 20.7 Å². The van der Waals surface area contributed by atoms with Crippen LogP contribution in [0, 0.1) is 3.82 Å². The molecule has 32 heavy (non-hydrogen) atoms. The van der Waals surface area contributed by atoms with Crippen molar-refractivity contribution >= 4 is 32.9 Å². The van der Waals surface area contributed by atoms with Crippen LogP contribution in [-0.2, 0) is 19.5 Å². The summed E-state index contributed by atoms with van der Waals surface area (Å²) >= 11 is 5.74. The normalized spacial score (nSPS) is 11.6. The van der Waals surface area contributed by atoms with Crippen molar-refractivity contribution in [1.29, 1.82) is 0 Å². The highest BCUT2D eigenvalue weighted by Crippen LogP contribution is 2.39. The summed E-state index contributed by atoms with van der Waals surface area (Å²) < 4.78 is 0.970. The van der Waals surface area contributed by atoms with Crippen LogP contribution in [0.2, 0.25) is 0 Å². The first kappa shape index (κ1) is 25.1. The molecule has 0 spiro atoms. The van der Waals surface area contributed by atoms with E-state index in [9.17, 15) is 5.11 Å². The van der Waals surface area contributed by atoms with E-state index >= 15 is 0 Å². The second kappa shape index (κ2) is 12.1. The van der Waals surface area contributed by atoms with Crippen molar-refractivity contribution in [2.45, 2.75) is 47.2 Å². The van der Waals surface area contributed by atoms with Gasteiger partial charge in [-0.3, -0.25) is 9.80 Å². The minimum atomic E-state index is 0.441. The first-order valence-corrected chi connectivity index (χ1v) is 14.0. The van der Waals surface area contributed by atoms with Crippen LogP contribution in [0.25, 0.3) is 10.4 Å². The monoisotopic (exact) mass is 486 g/mol. The van der Waals surface area contributed by atoms with Crippen LogP contribution in [0.15, 0.2) is 42.5 Å². The summed E-state index contributed by atoms with van der Waals surface area (Å²) in [6, 6.07) is 14.9. The molecule has 1 heterocycles. The Labute approximate surface area is 205 Å². The number of benzene rings is 2. The third-order valence-electron chi connectivity index (χ3n) is 6.05. The van der Waals surface area contributed by atoms with Crippen LogP contribution in [0.5, 0.6) is 5.75 Å². The van der Waals surface area contributed by atoms with Crippen LogP contribution >= 0.6 is 32.9 Å². The lowest BCUT2D eigenvalue weighted by molar-refractivity contribution is 0.281. The molecular weight excluding hydrogens is 453 g/mol. The second-order valence-electron chi connectivity index (χ2n) is 7.99. The lowest BCUT2D eigenvalue weighted by Gasteiger charge is -2.23. The minimum Gasteiger partial charge on any atom is -0.507 e. The van der Waals surface area contributed by atoms with Crippen LogP contribution in [0.3, 0.4) is 0 Å². The Morgan fingerprint density at radius 2 is 1.34 bits per heavy atom. The fourth-order valence-corrected chi connectivity index (χ4v) is 6.86. The van der Waals surface area contributed by atoms with E-state index in [-0.39, 0.29) is 0 Å². The van der Waals surface area contributed by atoms with Gasteiger partial charge in [-0.2, -0.15) is 0 Å². The van der Waals surface area contributed by atoms with Crippen molar-refractivity contribution in [3.8, 4) is 16.2 Å². The Kier molecular flexibility index (Phi) is 9.44. The Morgan fingerprint density at radius 3 is 1.84 bits per heavy atom. The summed E-state index contributed by atoms with van der Waals surface area (Å²) in [5, 5.41) is 11.2. The van der Waals surface area contributed by atoms with Crippen LogP contribution in [-0.4, -0.2) is 41.1 Å². The van der Waals surface area contributed by atoms with Gasteiger partial charge >= 0.3 is 0 Å². The molecule has 0 bridgehead atoms. The molecule has 3 aromatic rings. The van der Waals surface area contributed by atoms with Crippen LogP contribution in [0.1, 0.15) is 49.9 Å². The molecule has 0 saturated carbocycles. The summed E-state index contributed by atoms with van der Waals surface area (Å²) in [6.07, 6.45) is 0.840. The van der Waals surface area contributed by atoms with Gasteiger partial charge in [0.15, 0.2) is 0 Å². The van der Waals surface area contributed by atoms with Gasteiger partial charge in [0.25, 0.3) is 0 Å². The number of aromatic hydroxyl groups is 1. The van der Waals surface area contributed by atoms with Crippen molar-refractivity contribution < 1.29 is 5.11 Å². The molecule has 3 rings (SSSR count).